The summed E-state index contributed by atoms with van der Waals surface area (Å²) in [5.41, 5.74) is 0.670. The maximum atomic E-state index is 13.1. The topological polar surface area (TPSA) is 66.0 Å². The van der Waals surface area contributed by atoms with Gasteiger partial charge in [-0.25, -0.2) is 4.39 Å². The van der Waals surface area contributed by atoms with E-state index in [9.17, 15) is 9.18 Å². The Labute approximate surface area is 184 Å². The van der Waals surface area contributed by atoms with Crippen molar-refractivity contribution >= 4 is 35.8 Å². The van der Waals surface area contributed by atoms with E-state index in [1.807, 2.05) is 7.05 Å². The van der Waals surface area contributed by atoms with E-state index in [1.165, 1.54) is 12.1 Å². The summed E-state index contributed by atoms with van der Waals surface area (Å²) in [4.78, 5) is 18.4. The Kier molecular flexibility index (Phi) is 12.1. The number of hydrogen-bond donors (Lipinski definition) is 2. The minimum Gasteiger partial charge on any atom is -0.381 e. The fourth-order valence-electron chi connectivity index (χ4n) is 3.17. The first-order chi connectivity index (χ1) is 13.1. The van der Waals surface area contributed by atoms with E-state index >= 15 is 0 Å². The molecule has 1 aromatic carbocycles. The predicted octanol–water partition coefficient (Wildman–Crippen LogP) is 2.43. The second kappa shape index (κ2) is 13.7. The standard InChI is InChI=1S/C20H31FN4O2.HI/c1-22-20(25(2)11-6-16-7-12-27-13-8-16)24-10-9-23-19(26)15-17-4-3-5-18(21)14-17;/h3-5,14,16H,6-13,15H2,1-2H3,(H,22,24)(H,23,26);1H. The third kappa shape index (κ3) is 9.18. The van der Waals surface area contributed by atoms with Crippen LogP contribution in [0.1, 0.15) is 24.8 Å². The molecule has 6 nitrogen and oxygen atoms in total. The first-order valence-electron chi connectivity index (χ1n) is 9.59. The van der Waals surface area contributed by atoms with Gasteiger partial charge in [0.2, 0.25) is 5.91 Å². The van der Waals surface area contributed by atoms with Gasteiger partial charge in [0, 0.05) is 46.9 Å². The lowest BCUT2D eigenvalue weighted by Gasteiger charge is -2.26. The van der Waals surface area contributed by atoms with Crippen molar-refractivity contribution in [2.24, 2.45) is 10.9 Å². The van der Waals surface area contributed by atoms with Crippen LogP contribution < -0.4 is 10.6 Å². The minimum absolute atomic E-state index is 0. The fourth-order valence-corrected chi connectivity index (χ4v) is 3.17. The van der Waals surface area contributed by atoms with Crippen molar-refractivity contribution < 1.29 is 13.9 Å². The van der Waals surface area contributed by atoms with Crippen LogP contribution in [0, 0.1) is 11.7 Å². The summed E-state index contributed by atoms with van der Waals surface area (Å²) >= 11 is 0. The lowest BCUT2D eigenvalue weighted by Crippen LogP contribution is -2.43. The molecule has 0 atom stereocenters. The van der Waals surface area contributed by atoms with Crippen LogP contribution in [0.2, 0.25) is 0 Å². The lowest BCUT2D eigenvalue weighted by molar-refractivity contribution is -0.120. The van der Waals surface area contributed by atoms with E-state index in [4.69, 9.17) is 4.74 Å². The second-order valence-corrected chi connectivity index (χ2v) is 6.90. The number of benzene rings is 1. The molecule has 1 heterocycles. The molecule has 0 bridgehead atoms. The Morgan fingerprint density at radius 3 is 2.68 bits per heavy atom. The van der Waals surface area contributed by atoms with Gasteiger partial charge in [-0.05, 0) is 42.9 Å². The Hall–Kier alpha value is -1.42. The van der Waals surface area contributed by atoms with Gasteiger partial charge in [0.1, 0.15) is 5.82 Å². The monoisotopic (exact) mass is 506 g/mol. The maximum Gasteiger partial charge on any atom is 0.224 e. The van der Waals surface area contributed by atoms with E-state index in [0.29, 0.717) is 18.7 Å². The van der Waals surface area contributed by atoms with E-state index in [-0.39, 0.29) is 42.1 Å². The van der Waals surface area contributed by atoms with Gasteiger partial charge in [-0.2, -0.15) is 0 Å². The van der Waals surface area contributed by atoms with Crippen LogP contribution in [-0.4, -0.2) is 63.7 Å². The number of nitrogens with one attached hydrogen (secondary N) is 2. The quantitative estimate of drug-likeness (QED) is 0.246. The van der Waals surface area contributed by atoms with E-state index in [0.717, 1.165) is 50.9 Å². The molecular weight excluding hydrogens is 474 g/mol. The van der Waals surface area contributed by atoms with Crippen LogP contribution in [0.25, 0.3) is 0 Å². The Bertz CT molecular complexity index is 624. The third-order valence-electron chi connectivity index (χ3n) is 4.77. The van der Waals surface area contributed by atoms with Crippen LogP contribution in [0.4, 0.5) is 4.39 Å². The minimum atomic E-state index is -0.324. The second-order valence-electron chi connectivity index (χ2n) is 6.90. The number of carbonyl (C=O) groups excluding carboxylic acids is 1. The molecular formula is C20H32FIN4O2. The lowest BCUT2D eigenvalue weighted by atomic mass is 9.96. The highest BCUT2D eigenvalue weighted by atomic mass is 127. The Morgan fingerprint density at radius 1 is 1.29 bits per heavy atom. The van der Waals surface area contributed by atoms with Gasteiger partial charge >= 0.3 is 0 Å². The molecule has 2 rings (SSSR count). The predicted molar refractivity (Wildman–Crippen MR) is 121 cm³/mol. The molecule has 0 radical (unpaired) electrons. The molecule has 1 aliphatic rings. The highest BCUT2D eigenvalue weighted by molar-refractivity contribution is 14.0. The van der Waals surface area contributed by atoms with Gasteiger partial charge in [0.15, 0.2) is 5.96 Å². The Balaban J connectivity index is 0.00000392. The van der Waals surface area contributed by atoms with Crippen molar-refractivity contribution in [3.05, 3.63) is 35.6 Å². The molecule has 0 aromatic heterocycles. The summed E-state index contributed by atoms with van der Waals surface area (Å²) in [6.45, 7) is 3.76. The SMILES string of the molecule is CN=C(NCCNC(=O)Cc1cccc(F)c1)N(C)CCC1CCOCC1.I. The molecule has 1 fully saturated rings. The van der Waals surface area contributed by atoms with Crippen molar-refractivity contribution in [1.82, 2.24) is 15.5 Å². The van der Waals surface area contributed by atoms with Gasteiger partial charge in [0.25, 0.3) is 0 Å². The molecule has 8 heteroatoms. The average molecular weight is 506 g/mol. The zero-order valence-electron chi connectivity index (χ0n) is 16.7. The van der Waals surface area contributed by atoms with Crippen molar-refractivity contribution in [3.63, 3.8) is 0 Å². The molecule has 1 aliphatic heterocycles. The molecule has 0 aliphatic carbocycles. The maximum absolute atomic E-state index is 13.1. The number of nitrogens with zero attached hydrogens (tertiary/aromatic N) is 2. The number of guanidine groups is 1. The highest BCUT2D eigenvalue weighted by Crippen LogP contribution is 2.18. The number of rotatable bonds is 8. The first-order valence-corrected chi connectivity index (χ1v) is 9.59. The van der Waals surface area contributed by atoms with Crippen molar-refractivity contribution in [2.45, 2.75) is 25.7 Å². The molecule has 1 saturated heterocycles. The average Bonchev–Trinajstić information content (AvgIpc) is 2.67. The van der Waals surface area contributed by atoms with Gasteiger partial charge in [0.05, 0.1) is 6.42 Å². The zero-order valence-corrected chi connectivity index (χ0v) is 19.1. The van der Waals surface area contributed by atoms with Crippen molar-refractivity contribution in [3.8, 4) is 0 Å². The van der Waals surface area contributed by atoms with E-state index < -0.39 is 0 Å². The molecule has 1 amide bonds. The van der Waals surface area contributed by atoms with Crippen LogP contribution in [0.15, 0.2) is 29.3 Å². The van der Waals surface area contributed by atoms with Gasteiger partial charge < -0.3 is 20.3 Å². The summed E-state index contributed by atoms with van der Waals surface area (Å²) < 4.78 is 18.5. The van der Waals surface area contributed by atoms with Crippen LogP contribution in [0.5, 0.6) is 0 Å². The normalized spacial score (nSPS) is 14.9. The smallest absolute Gasteiger partial charge is 0.224 e. The largest absolute Gasteiger partial charge is 0.381 e. The van der Waals surface area contributed by atoms with E-state index in [2.05, 4.69) is 20.5 Å². The number of halogens is 2. The summed E-state index contributed by atoms with van der Waals surface area (Å²) in [5.74, 6) is 1.10. The van der Waals surface area contributed by atoms with Gasteiger partial charge in [-0.1, -0.05) is 12.1 Å². The van der Waals surface area contributed by atoms with Gasteiger partial charge in [-0.15, -0.1) is 24.0 Å². The molecule has 2 N–H and O–H groups in total. The number of amides is 1. The third-order valence-corrected chi connectivity index (χ3v) is 4.77. The number of ether oxygens (including phenoxy) is 1. The van der Waals surface area contributed by atoms with E-state index in [1.54, 1.807) is 19.2 Å². The van der Waals surface area contributed by atoms with Crippen LogP contribution >= 0.6 is 24.0 Å². The molecule has 28 heavy (non-hydrogen) atoms. The molecule has 158 valence electrons. The first kappa shape index (κ1) is 24.6. The summed E-state index contributed by atoms with van der Waals surface area (Å²) in [6.07, 6.45) is 3.58. The van der Waals surface area contributed by atoms with Gasteiger partial charge in [-0.3, -0.25) is 9.79 Å². The number of aliphatic imine (C=N–C) groups is 1. The zero-order chi connectivity index (χ0) is 19.5. The molecule has 0 spiro atoms. The Morgan fingerprint density at radius 2 is 2.00 bits per heavy atom. The van der Waals surface area contributed by atoms with Crippen molar-refractivity contribution in [1.29, 1.82) is 0 Å². The molecule has 1 aromatic rings. The summed E-state index contributed by atoms with van der Waals surface area (Å²) in [5, 5.41) is 6.10. The fraction of sp³-hybridized carbons (Fsp3) is 0.600. The highest BCUT2D eigenvalue weighted by Gasteiger charge is 2.15. The number of carbonyl (C=O) groups is 1. The summed E-state index contributed by atoms with van der Waals surface area (Å²) in [7, 11) is 3.78. The molecule has 0 unspecified atom stereocenters. The van der Waals surface area contributed by atoms with Crippen LogP contribution in [-0.2, 0) is 16.0 Å². The number of hydrogen-bond acceptors (Lipinski definition) is 3. The van der Waals surface area contributed by atoms with Crippen LogP contribution in [0.3, 0.4) is 0 Å². The van der Waals surface area contributed by atoms with Crippen molar-refractivity contribution in [2.75, 3.05) is 46.9 Å². The molecule has 0 saturated carbocycles. The summed E-state index contributed by atoms with van der Waals surface area (Å²) in [6, 6.07) is 6.11.